The zero-order valence-electron chi connectivity index (χ0n) is 10.00. The molecule has 1 rings (SSSR count). The molecular formula is C12H18ClNOS. The fourth-order valence-corrected chi connectivity index (χ4v) is 2.84. The van der Waals surface area contributed by atoms with Crippen LogP contribution in [0.5, 0.6) is 0 Å². The molecule has 0 saturated carbocycles. The van der Waals surface area contributed by atoms with Crippen LogP contribution in [-0.2, 0) is 11.3 Å². The largest absolute Gasteiger partial charge is 0.340 e. The maximum Gasteiger partial charge on any atom is 0.225 e. The number of carbonyl (C=O) groups excluding carboxylic acids is 1. The highest BCUT2D eigenvalue weighted by Crippen LogP contribution is 2.23. The maximum absolute atomic E-state index is 12.0. The summed E-state index contributed by atoms with van der Waals surface area (Å²) in [5.41, 5.74) is 0. The molecule has 0 aliphatic heterocycles. The molecule has 1 aromatic heterocycles. The van der Waals surface area contributed by atoms with Crippen LogP contribution >= 0.6 is 22.9 Å². The van der Waals surface area contributed by atoms with Crippen LogP contribution in [0, 0.1) is 5.92 Å². The lowest BCUT2D eigenvalue weighted by atomic mass is 10.0. The summed E-state index contributed by atoms with van der Waals surface area (Å²) in [5, 5.41) is 0. The Hall–Kier alpha value is -0.540. The number of amides is 1. The van der Waals surface area contributed by atoms with Crippen LogP contribution < -0.4 is 0 Å². The van der Waals surface area contributed by atoms with Crippen LogP contribution in [0.4, 0.5) is 0 Å². The first kappa shape index (κ1) is 13.5. The summed E-state index contributed by atoms with van der Waals surface area (Å²) >= 11 is 7.39. The monoisotopic (exact) mass is 259 g/mol. The van der Waals surface area contributed by atoms with Crippen LogP contribution in [-0.4, -0.2) is 17.9 Å². The molecule has 0 aromatic carbocycles. The number of nitrogens with zero attached hydrogens (tertiary/aromatic N) is 1. The molecule has 0 unspecified atom stereocenters. The first-order chi connectivity index (χ1) is 7.58. The summed E-state index contributed by atoms with van der Waals surface area (Å²) in [6.45, 7) is 4.77. The lowest BCUT2D eigenvalue weighted by molar-refractivity contribution is -0.134. The third kappa shape index (κ3) is 3.49. The molecule has 0 spiro atoms. The molecule has 16 heavy (non-hydrogen) atoms. The Labute approximate surface area is 106 Å². The molecule has 0 aliphatic carbocycles. The van der Waals surface area contributed by atoms with Crippen LogP contribution in [0.25, 0.3) is 0 Å². The lowest BCUT2D eigenvalue weighted by Gasteiger charge is -2.21. The third-order valence-electron chi connectivity index (χ3n) is 2.73. The summed E-state index contributed by atoms with van der Waals surface area (Å²) in [6.07, 6.45) is 1.82. The Morgan fingerprint density at radius 1 is 1.44 bits per heavy atom. The number of hydrogen-bond donors (Lipinski definition) is 0. The van der Waals surface area contributed by atoms with Gasteiger partial charge in [0.25, 0.3) is 0 Å². The van der Waals surface area contributed by atoms with Crippen LogP contribution in [0.2, 0.25) is 4.34 Å². The predicted molar refractivity (Wildman–Crippen MR) is 69.9 cm³/mol. The van der Waals surface area contributed by atoms with Gasteiger partial charge >= 0.3 is 0 Å². The zero-order valence-corrected chi connectivity index (χ0v) is 11.6. The van der Waals surface area contributed by atoms with Crippen molar-refractivity contribution in [2.45, 2.75) is 33.2 Å². The van der Waals surface area contributed by atoms with E-state index < -0.39 is 0 Å². The fraction of sp³-hybridized carbons (Fsp3) is 0.583. The lowest BCUT2D eigenvalue weighted by Crippen LogP contribution is -2.31. The molecule has 2 nitrogen and oxygen atoms in total. The number of halogens is 1. The Morgan fingerprint density at radius 3 is 2.50 bits per heavy atom. The van der Waals surface area contributed by atoms with E-state index in [1.54, 1.807) is 4.90 Å². The van der Waals surface area contributed by atoms with Gasteiger partial charge < -0.3 is 4.90 Å². The normalized spacial score (nSPS) is 10.8. The summed E-state index contributed by atoms with van der Waals surface area (Å²) in [7, 11) is 1.86. The van der Waals surface area contributed by atoms with Gasteiger partial charge in [-0.1, -0.05) is 25.4 Å². The smallest absolute Gasteiger partial charge is 0.225 e. The molecule has 1 amide bonds. The van der Waals surface area contributed by atoms with Gasteiger partial charge in [-0.15, -0.1) is 11.3 Å². The standard InChI is InChI=1S/C12H18ClNOS/c1-4-9(5-2)12(15)14(3)8-10-6-7-11(13)16-10/h6-7,9H,4-5,8H2,1-3H3. The highest BCUT2D eigenvalue weighted by atomic mass is 35.5. The van der Waals surface area contributed by atoms with E-state index in [0.717, 1.165) is 22.1 Å². The van der Waals surface area contributed by atoms with Gasteiger partial charge in [-0.3, -0.25) is 4.79 Å². The van der Waals surface area contributed by atoms with E-state index in [1.165, 1.54) is 11.3 Å². The number of carbonyl (C=O) groups is 1. The van der Waals surface area contributed by atoms with Crippen molar-refractivity contribution in [2.24, 2.45) is 5.92 Å². The topological polar surface area (TPSA) is 20.3 Å². The van der Waals surface area contributed by atoms with Gasteiger partial charge in [0.15, 0.2) is 0 Å². The fourth-order valence-electron chi connectivity index (χ4n) is 1.70. The minimum Gasteiger partial charge on any atom is -0.340 e. The molecule has 0 bridgehead atoms. The second kappa shape index (κ2) is 6.26. The van der Waals surface area contributed by atoms with Gasteiger partial charge in [-0.05, 0) is 25.0 Å². The molecule has 0 N–H and O–H groups in total. The van der Waals surface area contributed by atoms with E-state index in [-0.39, 0.29) is 11.8 Å². The molecule has 0 aliphatic rings. The van der Waals surface area contributed by atoms with Crippen molar-refractivity contribution >= 4 is 28.8 Å². The molecule has 0 atom stereocenters. The Bertz CT molecular complexity index is 347. The molecule has 0 radical (unpaired) electrons. The van der Waals surface area contributed by atoms with Crippen molar-refractivity contribution in [3.8, 4) is 0 Å². The first-order valence-corrected chi connectivity index (χ1v) is 6.77. The van der Waals surface area contributed by atoms with Crippen molar-refractivity contribution in [3.63, 3.8) is 0 Å². The van der Waals surface area contributed by atoms with E-state index in [4.69, 9.17) is 11.6 Å². The van der Waals surface area contributed by atoms with Gasteiger partial charge in [0.2, 0.25) is 5.91 Å². The van der Waals surface area contributed by atoms with Crippen molar-refractivity contribution in [2.75, 3.05) is 7.05 Å². The van der Waals surface area contributed by atoms with E-state index in [2.05, 4.69) is 13.8 Å². The summed E-state index contributed by atoms with van der Waals surface area (Å²) in [5.74, 6) is 0.384. The second-order valence-corrected chi connectivity index (χ2v) is 5.71. The van der Waals surface area contributed by atoms with Crippen molar-refractivity contribution < 1.29 is 4.79 Å². The van der Waals surface area contributed by atoms with Crippen LogP contribution in [0.3, 0.4) is 0 Å². The van der Waals surface area contributed by atoms with Gasteiger partial charge in [0.05, 0.1) is 10.9 Å². The summed E-state index contributed by atoms with van der Waals surface area (Å²) in [6, 6.07) is 3.85. The number of thiophene rings is 1. The van der Waals surface area contributed by atoms with E-state index in [1.807, 2.05) is 19.2 Å². The van der Waals surface area contributed by atoms with E-state index >= 15 is 0 Å². The molecule has 0 saturated heterocycles. The Balaban J connectivity index is 2.57. The summed E-state index contributed by atoms with van der Waals surface area (Å²) in [4.78, 5) is 14.9. The van der Waals surface area contributed by atoms with Crippen molar-refractivity contribution in [1.29, 1.82) is 0 Å². The van der Waals surface area contributed by atoms with Crippen molar-refractivity contribution in [3.05, 3.63) is 21.3 Å². The molecule has 4 heteroatoms. The predicted octanol–water partition coefficient (Wildman–Crippen LogP) is 3.80. The second-order valence-electron chi connectivity index (χ2n) is 3.91. The summed E-state index contributed by atoms with van der Waals surface area (Å²) < 4.78 is 0.776. The Morgan fingerprint density at radius 2 is 2.06 bits per heavy atom. The van der Waals surface area contributed by atoms with Crippen LogP contribution in [0.1, 0.15) is 31.6 Å². The molecule has 1 aromatic rings. The zero-order chi connectivity index (χ0) is 12.1. The quantitative estimate of drug-likeness (QED) is 0.788. The SMILES string of the molecule is CCC(CC)C(=O)N(C)Cc1ccc(Cl)s1. The maximum atomic E-state index is 12.0. The molecule has 90 valence electrons. The Kier molecular flexibility index (Phi) is 5.29. The van der Waals surface area contributed by atoms with Crippen molar-refractivity contribution in [1.82, 2.24) is 4.90 Å². The number of rotatable bonds is 5. The average Bonchev–Trinajstić information content (AvgIpc) is 2.65. The van der Waals surface area contributed by atoms with Gasteiger partial charge in [0.1, 0.15) is 0 Å². The molecular weight excluding hydrogens is 242 g/mol. The minimum atomic E-state index is 0.153. The minimum absolute atomic E-state index is 0.153. The molecule has 0 fully saturated rings. The van der Waals surface area contributed by atoms with E-state index in [9.17, 15) is 4.79 Å². The third-order valence-corrected chi connectivity index (χ3v) is 3.95. The van der Waals surface area contributed by atoms with E-state index in [0.29, 0.717) is 6.54 Å². The average molecular weight is 260 g/mol. The molecule has 1 heterocycles. The number of hydrogen-bond acceptors (Lipinski definition) is 2. The highest BCUT2D eigenvalue weighted by molar-refractivity contribution is 7.16. The highest BCUT2D eigenvalue weighted by Gasteiger charge is 2.18. The van der Waals surface area contributed by atoms with Crippen LogP contribution in [0.15, 0.2) is 12.1 Å². The first-order valence-electron chi connectivity index (χ1n) is 5.57. The van der Waals surface area contributed by atoms with Gasteiger partial charge in [-0.25, -0.2) is 0 Å². The van der Waals surface area contributed by atoms with Gasteiger partial charge in [-0.2, -0.15) is 0 Å². The van der Waals surface area contributed by atoms with Gasteiger partial charge in [0, 0.05) is 17.8 Å².